The van der Waals surface area contributed by atoms with E-state index in [1.54, 1.807) is 7.11 Å². The molecule has 1 amide bonds. The molecule has 0 unspecified atom stereocenters. The molecule has 0 bridgehead atoms. The van der Waals surface area contributed by atoms with Gasteiger partial charge in [-0.1, -0.05) is 12.2 Å². The Labute approximate surface area is 140 Å². The average Bonchev–Trinajstić information content (AvgIpc) is 2.59. The van der Waals surface area contributed by atoms with E-state index in [0.29, 0.717) is 17.9 Å². The Kier molecular flexibility index (Phi) is 5.76. The Hall–Kier alpha value is -0.870. The Balaban J connectivity index is 1.48. The maximum Gasteiger partial charge on any atom is 0.222 e. The molecular formula is C19H32N2O2. The minimum atomic E-state index is 0.323. The van der Waals surface area contributed by atoms with Gasteiger partial charge in [0, 0.05) is 33.2 Å². The molecule has 1 aliphatic carbocycles. The van der Waals surface area contributed by atoms with Crippen LogP contribution in [0.25, 0.3) is 0 Å². The predicted molar refractivity (Wildman–Crippen MR) is 92.3 cm³/mol. The molecule has 3 rings (SSSR count). The van der Waals surface area contributed by atoms with Crippen molar-refractivity contribution in [2.45, 2.75) is 44.9 Å². The van der Waals surface area contributed by atoms with Crippen LogP contribution in [0.3, 0.4) is 0 Å². The van der Waals surface area contributed by atoms with E-state index >= 15 is 0 Å². The second-order valence-electron chi connectivity index (χ2n) is 7.76. The molecule has 0 aromatic rings. The second kappa shape index (κ2) is 7.80. The molecule has 2 saturated heterocycles. The quantitative estimate of drug-likeness (QED) is 0.730. The maximum absolute atomic E-state index is 12.1. The first kappa shape index (κ1) is 17.0. The number of rotatable bonds is 5. The fraction of sp³-hybridized carbons (Fsp3) is 0.842. The highest BCUT2D eigenvalue weighted by Crippen LogP contribution is 2.40. The molecule has 2 fully saturated rings. The molecule has 0 aromatic heterocycles. The van der Waals surface area contributed by atoms with Gasteiger partial charge in [-0.2, -0.15) is 0 Å². The van der Waals surface area contributed by atoms with Gasteiger partial charge < -0.3 is 14.5 Å². The van der Waals surface area contributed by atoms with Gasteiger partial charge in [0.2, 0.25) is 5.91 Å². The Morgan fingerprint density at radius 2 is 2.09 bits per heavy atom. The molecule has 0 radical (unpaired) electrons. The van der Waals surface area contributed by atoms with Crippen LogP contribution in [0.15, 0.2) is 12.2 Å². The average molecular weight is 320 g/mol. The highest BCUT2D eigenvalue weighted by atomic mass is 16.5. The van der Waals surface area contributed by atoms with E-state index in [9.17, 15) is 4.79 Å². The Morgan fingerprint density at radius 3 is 2.78 bits per heavy atom. The van der Waals surface area contributed by atoms with Gasteiger partial charge in [0.25, 0.3) is 0 Å². The van der Waals surface area contributed by atoms with Gasteiger partial charge in [0.15, 0.2) is 0 Å². The number of hydrogen-bond donors (Lipinski definition) is 0. The third kappa shape index (κ3) is 4.36. The Bertz CT molecular complexity index is 427. The zero-order chi connectivity index (χ0) is 16.1. The molecule has 0 aromatic carbocycles. The molecule has 130 valence electrons. The standard InChI is InChI=1S/C19H32N2O2/c1-23-14-13-21-16-19(8-7-18(21)22)9-11-20(12-10-19)15-17-5-3-2-4-6-17/h2-3,17H,4-16H2,1H3/t17-/m1/s1. The number of amides is 1. The van der Waals surface area contributed by atoms with Crippen molar-refractivity contribution in [2.24, 2.45) is 11.3 Å². The number of nitrogens with zero attached hydrogens (tertiary/aromatic N) is 2. The van der Waals surface area contributed by atoms with Gasteiger partial charge in [-0.05, 0) is 62.9 Å². The number of carbonyl (C=O) groups excluding carboxylic acids is 1. The molecule has 4 nitrogen and oxygen atoms in total. The number of allylic oxidation sites excluding steroid dienone is 2. The van der Waals surface area contributed by atoms with Crippen LogP contribution < -0.4 is 0 Å². The maximum atomic E-state index is 12.1. The first-order valence-electron chi connectivity index (χ1n) is 9.35. The highest BCUT2D eigenvalue weighted by Gasteiger charge is 2.40. The molecule has 1 atom stereocenters. The van der Waals surface area contributed by atoms with Crippen molar-refractivity contribution in [3.8, 4) is 0 Å². The van der Waals surface area contributed by atoms with E-state index in [1.807, 2.05) is 0 Å². The molecule has 2 heterocycles. The zero-order valence-electron chi connectivity index (χ0n) is 14.6. The fourth-order valence-corrected chi connectivity index (χ4v) is 4.51. The summed E-state index contributed by atoms with van der Waals surface area (Å²) in [6.45, 7) is 6.07. The number of carbonyl (C=O) groups is 1. The summed E-state index contributed by atoms with van der Waals surface area (Å²) in [4.78, 5) is 16.8. The molecule has 23 heavy (non-hydrogen) atoms. The SMILES string of the molecule is COCCN1CC2(CCC1=O)CCN(C[C@@H]1CC=CCC1)CC2. The van der Waals surface area contributed by atoms with E-state index in [1.165, 1.54) is 51.7 Å². The summed E-state index contributed by atoms with van der Waals surface area (Å²) < 4.78 is 5.16. The van der Waals surface area contributed by atoms with Crippen LogP contribution in [-0.2, 0) is 9.53 Å². The van der Waals surface area contributed by atoms with Gasteiger partial charge in [-0.25, -0.2) is 0 Å². The number of hydrogen-bond acceptors (Lipinski definition) is 3. The fourth-order valence-electron chi connectivity index (χ4n) is 4.51. The normalized spacial score (nSPS) is 28.5. The van der Waals surface area contributed by atoms with Crippen LogP contribution in [0.1, 0.15) is 44.9 Å². The minimum absolute atomic E-state index is 0.323. The molecule has 1 spiro atoms. The van der Waals surface area contributed by atoms with Crippen molar-refractivity contribution < 1.29 is 9.53 Å². The number of piperidine rings is 2. The molecule has 0 saturated carbocycles. The van der Waals surface area contributed by atoms with E-state index in [4.69, 9.17) is 4.74 Å². The van der Waals surface area contributed by atoms with Crippen molar-refractivity contribution in [1.29, 1.82) is 0 Å². The lowest BCUT2D eigenvalue weighted by Crippen LogP contribution is -2.52. The monoisotopic (exact) mass is 320 g/mol. The van der Waals surface area contributed by atoms with E-state index in [-0.39, 0.29) is 0 Å². The lowest BCUT2D eigenvalue weighted by molar-refractivity contribution is -0.140. The minimum Gasteiger partial charge on any atom is -0.383 e. The molecule has 0 N–H and O–H groups in total. The van der Waals surface area contributed by atoms with E-state index in [2.05, 4.69) is 22.0 Å². The molecule has 2 aliphatic heterocycles. The number of methoxy groups -OCH3 is 1. The van der Waals surface area contributed by atoms with Gasteiger partial charge in [0.05, 0.1) is 6.61 Å². The van der Waals surface area contributed by atoms with Gasteiger partial charge in [-0.15, -0.1) is 0 Å². The number of likely N-dealkylation sites (tertiary alicyclic amines) is 2. The third-order valence-corrected chi connectivity index (χ3v) is 6.12. The van der Waals surface area contributed by atoms with Crippen LogP contribution in [0.4, 0.5) is 0 Å². The molecule has 4 heteroatoms. The van der Waals surface area contributed by atoms with Crippen molar-refractivity contribution in [3.05, 3.63) is 12.2 Å². The van der Waals surface area contributed by atoms with Gasteiger partial charge in [0.1, 0.15) is 0 Å². The second-order valence-corrected chi connectivity index (χ2v) is 7.76. The van der Waals surface area contributed by atoms with Crippen molar-refractivity contribution >= 4 is 5.91 Å². The van der Waals surface area contributed by atoms with Crippen molar-refractivity contribution in [2.75, 3.05) is 46.4 Å². The lowest BCUT2D eigenvalue weighted by Gasteiger charge is -2.48. The third-order valence-electron chi connectivity index (χ3n) is 6.12. The van der Waals surface area contributed by atoms with Crippen LogP contribution in [-0.4, -0.2) is 62.1 Å². The predicted octanol–water partition coefficient (Wildman–Crippen LogP) is 2.69. The van der Waals surface area contributed by atoms with Crippen molar-refractivity contribution in [3.63, 3.8) is 0 Å². The zero-order valence-corrected chi connectivity index (χ0v) is 14.6. The largest absolute Gasteiger partial charge is 0.383 e. The first-order valence-corrected chi connectivity index (χ1v) is 9.35. The van der Waals surface area contributed by atoms with E-state index in [0.717, 1.165) is 31.8 Å². The summed E-state index contributed by atoms with van der Waals surface area (Å²) in [6, 6.07) is 0. The summed E-state index contributed by atoms with van der Waals surface area (Å²) in [7, 11) is 1.71. The lowest BCUT2D eigenvalue weighted by atomic mass is 9.72. The Morgan fingerprint density at radius 1 is 1.26 bits per heavy atom. The summed E-state index contributed by atoms with van der Waals surface area (Å²) in [5.41, 5.74) is 0.380. The summed E-state index contributed by atoms with van der Waals surface area (Å²) >= 11 is 0. The summed E-state index contributed by atoms with van der Waals surface area (Å²) in [6.07, 6.45) is 12.9. The summed E-state index contributed by atoms with van der Waals surface area (Å²) in [5, 5.41) is 0. The van der Waals surface area contributed by atoms with Crippen LogP contribution in [0, 0.1) is 11.3 Å². The first-order chi connectivity index (χ1) is 11.2. The van der Waals surface area contributed by atoms with Crippen LogP contribution in [0.5, 0.6) is 0 Å². The van der Waals surface area contributed by atoms with E-state index < -0.39 is 0 Å². The molecular weight excluding hydrogens is 288 g/mol. The highest BCUT2D eigenvalue weighted by molar-refractivity contribution is 5.77. The topological polar surface area (TPSA) is 32.8 Å². The van der Waals surface area contributed by atoms with Crippen LogP contribution in [0.2, 0.25) is 0 Å². The van der Waals surface area contributed by atoms with Crippen molar-refractivity contribution in [1.82, 2.24) is 9.80 Å². The molecule has 3 aliphatic rings. The number of ether oxygens (including phenoxy) is 1. The van der Waals surface area contributed by atoms with Gasteiger partial charge >= 0.3 is 0 Å². The smallest absolute Gasteiger partial charge is 0.222 e. The summed E-state index contributed by atoms with van der Waals surface area (Å²) in [5.74, 6) is 1.18. The van der Waals surface area contributed by atoms with Crippen LogP contribution >= 0.6 is 0 Å². The van der Waals surface area contributed by atoms with Gasteiger partial charge in [-0.3, -0.25) is 4.79 Å².